The van der Waals surface area contributed by atoms with Crippen LogP contribution in [0, 0.1) is 0 Å². The SMILES string of the molecule is CC[C@](C)(O)C(=O)O.S. The van der Waals surface area contributed by atoms with Gasteiger partial charge in [-0.2, -0.15) is 13.5 Å². The summed E-state index contributed by atoms with van der Waals surface area (Å²) >= 11 is 0. The van der Waals surface area contributed by atoms with Crippen molar-refractivity contribution in [1.29, 1.82) is 0 Å². The Morgan fingerprint density at radius 3 is 2.00 bits per heavy atom. The van der Waals surface area contributed by atoms with Crippen LogP contribution in [0.5, 0.6) is 0 Å². The first kappa shape index (κ1) is 11.6. The number of carbonyl (C=O) groups is 1. The summed E-state index contributed by atoms with van der Waals surface area (Å²) in [6.07, 6.45) is 0.238. The predicted molar refractivity (Wildman–Crippen MR) is 38.9 cm³/mol. The van der Waals surface area contributed by atoms with Crippen molar-refractivity contribution < 1.29 is 15.0 Å². The highest BCUT2D eigenvalue weighted by Crippen LogP contribution is 2.06. The van der Waals surface area contributed by atoms with Crippen LogP contribution < -0.4 is 0 Å². The quantitative estimate of drug-likeness (QED) is 0.600. The predicted octanol–water partition coefficient (Wildman–Crippen LogP) is 0.345. The van der Waals surface area contributed by atoms with Gasteiger partial charge in [0.1, 0.15) is 0 Å². The minimum Gasteiger partial charge on any atom is -0.479 e. The molecule has 0 amide bonds. The number of hydrogen-bond donors (Lipinski definition) is 2. The molecule has 0 saturated heterocycles. The smallest absolute Gasteiger partial charge is 0.335 e. The Labute approximate surface area is 61.1 Å². The van der Waals surface area contributed by atoms with Gasteiger partial charge in [-0.15, -0.1) is 0 Å². The topological polar surface area (TPSA) is 57.5 Å². The Kier molecular flexibility index (Phi) is 4.80. The lowest BCUT2D eigenvalue weighted by Gasteiger charge is -2.13. The van der Waals surface area contributed by atoms with Gasteiger partial charge in [0.15, 0.2) is 5.60 Å². The van der Waals surface area contributed by atoms with Crippen LogP contribution >= 0.6 is 13.5 Å². The fourth-order valence-corrected chi connectivity index (χ4v) is 0.151. The van der Waals surface area contributed by atoms with E-state index in [1.165, 1.54) is 6.92 Å². The molecule has 0 aromatic heterocycles. The van der Waals surface area contributed by atoms with Crippen LogP contribution in [0.25, 0.3) is 0 Å². The molecule has 1 atom stereocenters. The highest BCUT2D eigenvalue weighted by molar-refractivity contribution is 7.59. The summed E-state index contributed by atoms with van der Waals surface area (Å²) in [6.45, 7) is 2.89. The van der Waals surface area contributed by atoms with Crippen LogP contribution in [0.4, 0.5) is 0 Å². The van der Waals surface area contributed by atoms with Gasteiger partial charge in [0.2, 0.25) is 0 Å². The molecule has 0 saturated carbocycles. The van der Waals surface area contributed by atoms with Crippen molar-refractivity contribution in [2.75, 3.05) is 0 Å². The van der Waals surface area contributed by atoms with E-state index < -0.39 is 11.6 Å². The summed E-state index contributed by atoms with van der Waals surface area (Å²) in [7, 11) is 0. The average molecular weight is 152 g/mol. The molecule has 56 valence electrons. The molecule has 0 aliphatic rings. The lowest BCUT2D eigenvalue weighted by atomic mass is 10.1. The van der Waals surface area contributed by atoms with Crippen molar-refractivity contribution >= 4 is 19.5 Å². The summed E-state index contributed by atoms with van der Waals surface area (Å²) in [4.78, 5) is 10.0. The van der Waals surface area contributed by atoms with Crippen LogP contribution in [0.1, 0.15) is 20.3 Å². The van der Waals surface area contributed by atoms with E-state index in [1.54, 1.807) is 6.92 Å². The largest absolute Gasteiger partial charge is 0.479 e. The van der Waals surface area contributed by atoms with Crippen molar-refractivity contribution in [3.63, 3.8) is 0 Å². The number of aliphatic hydroxyl groups is 1. The molecule has 0 spiro atoms. The Morgan fingerprint density at radius 1 is 1.67 bits per heavy atom. The molecule has 0 aromatic rings. The Bertz CT molecular complexity index is 100. The van der Waals surface area contributed by atoms with Gasteiger partial charge >= 0.3 is 5.97 Å². The summed E-state index contributed by atoms with van der Waals surface area (Å²) in [5.74, 6) is -1.17. The summed E-state index contributed by atoms with van der Waals surface area (Å²) in [5.41, 5.74) is -1.54. The van der Waals surface area contributed by atoms with E-state index in [0.29, 0.717) is 0 Å². The number of carboxylic acid groups (broad SMARTS) is 1. The summed E-state index contributed by atoms with van der Waals surface area (Å²) in [6, 6.07) is 0. The van der Waals surface area contributed by atoms with Gasteiger partial charge in [0.05, 0.1) is 0 Å². The molecule has 4 heteroatoms. The van der Waals surface area contributed by atoms with Gasteiger partial charge < -0.3 is 10.2 Å². The maximum absolute atomic E-state index is 10.0. The second-order valence-electron chi connectivity index (χ2n) is 1.93. The third-order valence-electron chi connectivity index (χ3n) is 1.15. The lowest BCUT2D eigenvalue weighted by molar-refractivity contribution is -0.156. The second kappa shape index (κ2) is 3.74. The molecule has 0 heterocycles. The second-order valence-corrected chi connectivity index (χ2v) is 1.93. The van der Waals surface area contributed by atoms with E-state index in [4.69, 9.17) is 10.2 Å². The van der Waals surface area contributed by atoms with E-state index in [-0.39, 0.29) is 19.9 Å². The van der Waals surface area contributed by atoms with Crippen LogP contribution in [0.2, 0.25) is 0 Å². The molecule has 0 aliphatic heterocycles. The van der Waals surface area contributed by atoms with Crippen molar-refractivity contribution in [2.24, 2.45) is 0 Å². The van der Waals surface area contributed by atoms with Crippen LogP contribution in [-0.2, 0) is 4.79 Å². The first-order chi connectivity index (χ1) is 3.50. The zero-order chi connectivity index (χ0) is 6.78. The van der Waals surface area contributed by atoms with Crippen molar-refractivity contribution in [3.05, 3.63) is 0 Å². The van der Waals surface area contributed by atoms with E-state index in [2.05, 4.69) is 0 Å². The number of carboxylic acids is 1. The van der Waals surface area contributed by atoms with Crippen molar-refractivity contribution in [1.82, 2.24) is 0 Å². The lowest BCUT2D eigenvalue weighted by Crippen LogP contribution is -2.33. The van der Waals surface area contributed by atoms with E-state index in [1.807, 2.05) is 0 Å². The molecular formula is C5H12O3S. The normalized spacial score (nSPS) is 15.4. The van der Waals surface area contributed by atoms with E-state index >= 15 is 0 Å². The van der Waals surface area contributed by atoms with Crippen LogP contribution in [0.3, 0.4) is 0 Å². The van der Waals surface area contributed by atoms with E-state index in [0.717, 1.165) is 0 Å². The fourth-order valence-electron chi connectivity index (χ4n) is 0.151. The van der Waals surface area contributed by atoms with Crippen LogP contribution in [-0.4, -0.2) is 21.8 Å². The first-order valence-electron chi connectivity index (χ1n) is 2.46. The third kappa shape index (κ3) is 3.37. The minimum atomic E-state index is -1.54. The molecule has 0 unspecified atom stereocenters. The van der Waals surface area contributed by atoms with Crippen molar-refractivity contribution in [2.45, 2.75) is 25.9 Å². The Morgan fingerprint density at radius 2 is 2.00 bits per heavy atom. The van der Waals surface area contributed by atoms with Crippen LogP contribution in [0.15, 0.2) is 0 Å². The molecule has 0 radical (unpaired) electrons. The Balaban J connectivity index is 0. The standard InChI is InChI=1S/C5H10O3.H2S/c1-3-5(2,8)4(6)7;/h8H,3H2,1-2H3,(H,6,7);1H2/t5-;/m0./s1. The maximum Gasteiger partial charge on any atom is 0.335 e. The molecule has 0 rings (SSSR count). The highest BCUT2D eigenvalue weighted by atomic mass is 32.1. The molecule has 0 bridgehead atoms. The molecular weight excluding hydrogens is 140 g/mol. The first-order valence-corrected chi connectivity index (χ1v) is 2.46. The minimum absolute atomic E-state index is 0. The van der Waals surface area contributed by atoms with Gasteiger partial charge in [-0.3, -0.25) is 0 Å². The van der Waals surface area contributed by atoms with Crippen molar-refractivity contribution in [3.8, 4) is 0 Å². The molecule has 0 aliphatic carbocycles. The molecule has 3 nitrogen and oxygen atoms in total. The molecule has 9 heavy (non-hydrogen) atoms. The zero-order valence-corrected chi connectivity index (χ0v) is 6.51. The Hall–Kier alpha value is -0.220. The van der Waals surface area contributed by atoms with Gasteiger partial charge in [0.25, 0.3) is 0 Å². The monoisotopic (exact) mass is 152 g/mol. The van der Waals surface area contributed by atoms with Gasteiger partial charge in [0, 0.05) is 0 Å². The average Bonchev–Trinajstić information content (AvgIpc) is 1.67. The third-order valence-corrected chi connectivity index (χ3v) is 1.15. The highest BCUT2D eigenvalue weighted by Gasteiger charge is 2.26. The summed E-state index contributed by atoms with van der Waals surface area (Å²) in [5, 5.41) is 17.0. The summed E-state index contributed by atoms with van der Waals surface area (Å²) < 4.78 is 0. The molecule has 0 aromatic carbocycles. The fraction of sp³-hybridized carbons (Fsp3) is 0.800. The molecule has 2 N–H and O–H groups in total. The van der Waals surface area contributed by atoms with Gasteiger partial charge in [-0.1, -0.05) is 6.92 Å². The zero-order valence-electron chi connectivity index (χ0n) is 5.51. The number of hydrogen-bond acceptors (Lipinski definition) is 2. The van der Waals surface area contributed by atoms with Gasteiger partial charge in [-0.05, 0) is 13.3 Å². The number of aliphatic carboxylic acids is 1. The number of rotatable bonds is 2. The molecule has 0 fully saturated rings. The van der Waals surface area contributed by atoms with E-state index in [9.17, 15) is 4.79 Å². The van der Waals surface area contributed by atoms with Gasteiger partial charge in [-0.25, -0.2) is 4.79 Å². The maximum atomic E-state index is 10.0.